The predicted molar refractivity (Wildman–Crippen MR) is 72.6 cm³/mol. The molecule has 0 bridgehead atoms. The zero-order chi connectivity index (χ0) is 13.8. The van der Waals surface area contributed by atoms with E-state index < -0.39 is 0 Å². The number of nitrogens with zero attached hydrogens (tertiary/aromatic N) is 2. The molecule has 0 amide bonds. The van der Waals surface area contributed by atoms with Crippen LogP contribution in [0, 0.1) is 13.8 Å². The van der Waals surface area contributed by atoms with E-state index in [1.165, 1.54) is 7.11 Å². The molecule has 0 aromatic carbocycles. The minimum atomic E-state index is -0.385. The lowest BCUT2D eigenvalue weighted by Gasteiger charge is -2.09. The molecule has 1 N–H and O–H groups in total. The molecule has 5 heteroatoms. The van der Waals surface area contributed by atoms with Crippen molar-refractivity contribution >= 4 is 17.5 Å². The molecule has 0 unspecified atom stereocenters. The van der Waals surface area contributed by atoms with Gasteiger partial charge in [0.05, 0.1) is 24.1 Å². The summed E-state index contributed by atoms with van der Waals surface area (Å²) in [5.74, 6) is 0.195. The fraction of sp³-hybridized carbons (Fsp3) is 0.214. The Morgan fingerprint density at radius 3 is 2.74 bits per heavy atom. The number of rotatable bonds is 3. The minimum absolute atomic E-state index is 0.385. The quantitative estimate of drug-likeness (QED) is 0.856. The number of carbonyl (C=O) groups excluding carboxylic acids is 1. The van der Waals surface area contributed by atoms with E-state index in [0.29, 0.717) is 11.4 Å². The largest absolute Gasteiger partial charge is 0.465 e. The minimum Gasteiger partial charge on any atom is -0.465 e. The lowest BCUT2D eigenvalue weighted by atomic mass is 10.2. The van der Waals surface area contributed by atoms with Crippen molar-refractivity contribution in [3.8, 4) is 0 Å². The summed E-state index contributed by atoms with van der Waals surface area (Å²) >= 11 is 0. The van der Waals surface area contributed by atoms with E-state index in [4.69, 9.17) is 0 Å². The molecule has 5 nitrogen and oxygen atoms in total. The van der Waals surface area contributed by atoms with Gasteiger partial charge >= 0.3 is 5.97 Å². The van der Waals surface area contributed by atoms with Crippen LogP contribution < -0.4 is 5.32 Å². The first kappa shape index (κ1) is 13.0. The first-order valence-corrected chi connectivity index (χ1v) is 5.86. The zero-order valence-electron chi connectivity index (χ0n) is 11.1. The van der Waals surface area contributed by atoms with E-state index in [9.17, 15) is 4.79 Å². The smallest absolute Gasteiger partial charge is 0.338 e. The van der Waals surface area contributed by atoms with Gasteiger partial charge in [0.25, 0.3) is 0 Å². The molecule has 0 spiro atoms. The van der Waals surface area contributed by atoms with E-state index in [-0.39, 0.29) is 5.97 Å². The highest BCUT2D eigenvalue weighted by atomic mass is 16.5. The second kappa shape index (κ2) is 5.48. The number of anilines is 2. The fourth-order valence-corrected chi connectivity index (χ4v) is 1.70. The molecule has 0 atom stereocenters. The highest BCUT2D eigenvalue weighted by molar-refractivity contribution is 5.90. The van der Waals surface area contributed by atoms with Crippen LogP contribution in [0.2, 0.25) is 0 Å². The summed E-state index contributed by atoms with van der Waals surface area (Å²) in [6, 6.07) is 7.10. The van der Waals surface area contributed by atoms with Gasteiger partial charge in [0.2, 0.25) is 0 Å². The highest BCUT2D eigenvalue weighted by Crippen LogP contribution is 2.18. The number of methoxy groups -OCH3 is 1. The highest BCUT2D eigenvalue weighted by Gasteiger charge is 2.07. The summed E-state index contributed by atoms with van der Waals surface area (Å²) in [6.45, 7) is 3.85. The molecule has 0 saturated carbocycles. The zero-order valence-corrected chi connectivity index (χ0v) is 11.1. The summed E-state index contributed by atoms with van der Waals surface area (Å²) < 4.78 is 4.67. The molecule has 0 aliphatic carbocycles. The first-order chi connectivity index (χ1) is 9.10. The SMILES string of the molecule is COC(=O)c1ccnc(Nc2ccc(C)nc2C)c1. The number of aryl methyl sites for hydroxylation is 2. The molecule has 0 saturated heterocycles. The van der Waals surface area contributed by atoms with Gasteiger partial charge in [-0.1, -0.05) is 0 Å². The maximum absolute atomic E-state index is 11.4. The lowest BCUT2D eigenvalue weighted by Crippen LogP contribution is -2.03. The Hall–Kier alpha value is -2.43. The van der Waals surface area contributed by atoms with Gasteiger partial charge in [-0.2, -0.15) is 0 Å². The van der Waals surface area contributed by atoms with E-state index >= 15 is 0 Å². The Labute approximate surface area is 111 Å². The van der Waals surface area contributed by atoms with Crippen molar-refractivity contribution in [1.82, 2.24) is 9.97 Å². The summed E-state index contributed by atoms with van der Waals surface area (Å²) in [5.41, 5.74) is 3.16. The van der Waals surface area contributed by atoms with Gasteiger partial charge in [-0.25, -0.2) is 9.78 Å². The van der Waals surface area contributed by atoms with E-state index in [1.54, 1.807) is 18.3 Å². The Morgan fingerprint density at radius 2 is 2.05 bits per heavy atom. The Kier molecular flexibility index (Phi) is 3.75. The van der Waals surface area contributed by atoms with Crippen LogP contribution in [-0.4, -0.2) is 23.0 Å². The van der Waals surface area contributed by atoms with Gasteiger partial charge in [0.1, 0.15) is 5.82 Å². The van der Waals surface area contributed by atoms with Crippen LogP contribution >= 0.6 is 0 Å². The number of nitrogens with one attached hydrogen (secondary N) is 1. The molecule has 98 valence electrons. The lowest BCUT2D eigenvalue weighted by molar-refractivity contribution is 0.0600. The van der Waals surface area contributed by atoms with Crippen LogP contribution in [0.15, 0.2) is 30.5 Å². The maximum Gasteiger partial charge on any atom is 0.338 e. The topological polar surface area (TPSA) is 64.1 Å². The van der Waals surface area contributed by atoms with Gasteiger partial charge in [-0.3, -0.25) is 4.98 Å². The van der Waals surface area contributed by atoms with Crippen molar-refractivity contribution in [2.75, 3.05) is 12.4 Å². The summed E-state index contributed by atoms with van der Waals surface area (Å²) in [4.78, 5) is 20.0. The van der Waals surface area contributed by atoms with Gasteiger partial charge in [-0.05, 0) is 38.1 Å². The number of pyridine rings is 2. The van der Waals surface area contributed by atoms with Crippen molar-refractivity contribution in [3.05, 3.63) is 47.4 Å². The Morgan fingerprint density at radius 1 is 1.26 bits per heavy atom. The molecule has 0 fully saturated rings. The van der Waals surface area contributed by atoms with E-state index in [1.807, 2.05) is 26.0 Å². The first-order valence-electron chi connectivity index (χ1n) is 5.86. The number of ether oxygens (including phenoxy) is 1. The summed E-state index contributed by atoms with van der Waals surface area (Å²) in [5, 5.41) is 3.14. The number of carbonyl (C=O) groups is 1. The molecule has 2 heterocycles. The number of aromatic nitrogens is 2. The third-order valence-electron chi connectivity index (χ3n) is 2.67. The summed E-state index contributed by atoms with van der Waals surface area (Å²) in [7, 11) is 1.35. The molecule has 0 aliphatic rings. The third-order valence-corrected chi connectivity index (χ3v) is 2.67. The Bertz CT molecular complexity index is 611. The van der Waals surface area contributed by atoms with Gasteiger partial charge in [0, 0.05) is 11.9 Å². The van der Waals surface area contributed by atoms with Crippen molar-refractivity contribution in [2.24, 2.45) is 0 Å². The van der Waals surface area contributed by atoms with Crippen molar-refractivity contribution in [1.29, 1.82) is 0 Å². The Balaban J connectivity index is 2.26. The number of hydrogen-bond acceptors (Lipinski definition) is 5. The summed E-state index contributed by atoms with van der Waals surface area (Å²) in [6.07, 6.45) is 1.56. The molecular formula is C14H15N3O2. The van der Waals surface area contributed by atoms with Gasteiger partial charge in [-0.15, -0.1) is 0 Å². The van der Waals surface area contributed by atoms with Crippen LogP contribution in [0.5, 0.6) is 0 Å². The monoisotopic (exact) mass is 257 g/mol. The average Bonchev–Trinajstić information content (AvgIpc) is 2.41. The second-order valence-electron chi connectivity index (χ2n) is 4.13. The average molecular weight is 257 g/mol. The maximum atomic E-state index is 11.4. The molecule has 2 rings (SSSR count). The van der Waals surface area contributed by atoms with Crippen molar-refractivity contribution in [2.45, 2.75) is 13.8 Å². The molecule has 0 radical (unpaired) electrons. The van der Waals surface area contributed by atoms with Crippen LogP contribution in [-0.2, 0) is 4.74 Å². The number of esters is 1. The van der Waals surface area contributed by atoms with Gasteiger partial charge < -0.3 is 10.1 Å². The van der Waals surface area contributed by atoms with Crippen LogP contribution in [0.3, 0.4) is 0 Å². The molecule has 0 aliphatic heterocycles. The van der Waals surface area contributed by atoms with Crippen molar-refractivity contribution in [3.63, 3.8) is 0 Å². The number of hydrogen-bond donors (Lipinski definition) is 1. The second-order valence-corrected chi connectivity index (χ2v) is 4.13. The third kappa shape index (κ3) is 3.07. The van der Waals surface area contributed by atoms with E-state index in [2.05, 4.69) is 20.0 Å². The normalized spacial score (nSPS) is 10.1. The van der Waals surface area contributed by atoms with Crippen LogP contribution in [0.1, 0.15) is 21.7 Å². The van der Waals surface area contributed by atoms with Crippen LogP contribution in [0.25, 0.3) is 0 Å². The van der Waals surface area contributed by atoms with Crippen molar-refractivity contribution < 1.29 is 9.53 Å². The predicted octanol–water partition coefficient (Wildman–Crippen LogP) is 2.62. The standard InChI is InChI=1S/C14H15N3O2/c1-9-4-5-12(10(2)16-9)17-13-8-11(6-7-15-13)14(18)19-3/h4-8H,1-3H3,(H,15,17). The fourth-order valence-electron chi connectivity index (χ4n) is 1.70. The molecule has 2 aromatic heterocycles. The molecule has 2 aromatic rings. The molecular weight excluding hydrogens is 242 g/mol. The van der Waals surface area contributed by atoms with Gasteiger partial charge in [0.15, 0.2) is 0 Å². The van der Waals surface area contributed by atoms with E-state index in [0.717, 1.165) is 17.1 Å². The van der Waals surface area contributed by atoms with Crippen LogP contribution in [0.4, 0.5) is 11.5 Å². The molecule has 19 heavy (non-hydrogen) atoms.